The van der Waals surface area contributed by atoms with Crippen LogP contribution in [0.1, 0.15) is 16.7 Å². The van der Waals surface area contributed by atoms with Crippen molar-refractivity contribution >= 4 is 31.6 Å². The Balaban J connectivity index is 2.28. The van der Waals surface area contributed by atoms with E-state index in [-0.39, 0.29) is 4.90 Å². The van der Waals surface area contributed by atoms with Crippen molar-refractivity contribution in [2.75, 3.05) is 11.9 Å². The normalized spacial score (nSPS) is 13.4. The SMILES string of the molecule is Cc1cc(C)c(S(=O)(=O)NC(CNc2cccc(Br)c2)C(F)(F)F)c(C)c1. The lowest BCUT2D eigenvalue weighted by Crippen LogP contribution is -2.49. The molecule has 4 nitrogen and oxygen atoms in total. The number of rotatable bonds is 6. The van der Waals surface area contributed by atoms with Gasteiger partial charge in [0, 0.05) is 16.7 Å². The van der Waals surface area contributed by atoms with Crippen LogP contribution in [0.4, 0.5) is 18.9 Å². The quantitative estimate of drug-likeness (QED) is 0.651. The minimum atomic E-state index is -4.75. The highest BCUT2D eigenvalue weighted by molar-refractivity contribution is 9.10. The van der Waals surface area contributed by atoms with Crippen molar-refractivity contribution in [3.05, 3.63) is 57.6 Å². The van der Waals surface area contributed by atoms with Crippen LogP contribution in [0.25, 0.3) is 0 Å². The molecule has 0 saturated heterocycles. The predicted molar refractivity (Wildman–Crippen MR) is 103 cm³/mol. The van der Waals surface area contributed by atoms with Gasteiger partial charge in [-0.05, 0) is 50.1 Å². The summed E-state index contributed by atoms with van der Waals surface area (Å²) in [5, 5.41) is 2.63. The van der Waals surface area contributed by atoms with E-state index in [1.165, 1.54) is 0 Å². The molecule has 9 heteroatoms. The lowest BCUT2D eigenvalue weighted by atomic mass is 10.1. The van der Waals surface area contributed by atoms with Gasteiger partial charge in [0.2, 0.25) is 10.0 Å². The van der Waals surface area contributed by atoms with Crippen LogP contribution in [0.5, 0.6) is 0 Å². The van der Waals surface area contributed by atoms with Crippen LogP contribution in [0, 0.1) is 20.8 Å². The summed E-state index contributed by atoms with van der Waals surface area (Å²) < 4.78 is 68.1. The summed E-state index contributed by atoms with van der Waals surface area (Å²) in [7, 11) is -4.35. The predicted octanol–water partition coefficient (Wildman–Crippen LogP) is 4.70. The monoisotopic (exact) mass is 464 g/mol. The van der Waals surface area contributed by atoms with E-state index in [1.807, 2.05) is 4.72 Å². The third-order valence-electron chi connectivity index (χ3n) is 3.90. The first kappa shape index (κ1) is 21.7. The van der Waals surface area contributed by atoms with Crippen molar-refractivity contribution in [2.45, 2.75) is 37.9 Å². The van der Waals surface area contributed by atoms with Crippen LogP contribution < -0.4 is 10.0 Å². The van der Waals surface area contributed by atoms with Crippen LogP contribution >= 0.6 is 15.9 Å². The summed E-state index contributed by atoms with van der Waals surface area (Å²) in [4.78, 5) is -0.121. The Labute approximate surface area is 165 Å². The average Bonchev–Trinajstić information content (AvgIpc) is 2.49. The number of halogens is 4. The molecular formula is C18H20BrF3N2O2S. The van der Waals surface area contributed by atoms with E-state index < -0.39 is 28.8 Å². The molecule has 0 fully saturated rings. The molecule has 2 rings (SSSR count). The van der Waals surface area contributed by atoms with Crippen LogP contribution in [0.2, 0.25) is 0 Å². The summed E-state index contributed by atoms with van der Waals surface area (Å²) in [6.45, 7) is 4.29. The molecule has 148 valence electrons. The van der Waals surface area contributed by atoms with Gasteiger partial charge in [0.25, 0.3) is 0 Å². The summed E-state index contributed by atoms with van der Waals surface area (Å²) >= 11 is 3.24. The van der Waals surface area contributed by atoms with Crippen molar-refractivity contribution in [2.24, 2.45) is 0 Å². The highest BCUT2D eigenvalue weighted by Crippen LogP contribution is 2.26. The summed E-state index contributed by atoms with van der Waals surface area (Å²) in [6, 6.07) is 7.59. The third-order valence-corrected chi connectivity index (χ3v) is 6.17. The summed E-state index contributed by atoms with van der Waals surface area (Å²) in [6.07, 6.45) is -4.75. The van der Waals surface area contributed by atoms with Gasteiger partial charge in [-0.25, -0.2) is 8.42 Å². The molecule has 0 heterocycles. The second-order valence-corrected chi connectivity index (χ2v) is 8.90. The molecule has 2 aromatic rings. The van der Waals surface area contributed by atoms with Gasteiger partial charge < -0.3 is 5.32 Å². The van der Waals surface area contributed by atoms with E-state index in [0.29, 0.717) is 21.3 Å². The fourth-order valence-corrected chi connectivity index (χ4v) is 4.95. The third kappa shape index (κ3) is 5.70. The molecule has 0 bridgehead atoms. The number of alkyl halides is 3. The maximum absolute atomic E-state index is 13.4. The molecule has 0 aromatic heterocycles. The van der Waals surface area contributed by atoms with Gasteiger partial charge in [-0.15, -0.1) is 0 Å². The molecule has 0 amide bonds. The summed E-state index contributed by atoms with van der Waals surface area (Å²) in [5.41, 5.74) is 2.09. The Morgan fingerprint density at radius 2 is 1.67 bits per heavy atom. The first-order valence-electron chi connectivity index (χ1n) is 8.06. The van der Waals surface area contributed by atoms with Crippen molar-refractivity contribution in [3.63, 3.8) is 0 Å². The molecule has 0 aliphatic carbocycles. The molecule has 0 saturated carbocycles. The minimum Gasteiger partial charge on any atom is -0.383 e. The first-order chi connectivity index (χ1) is 12.4. The number of nitrogens with one attached hydrogen (secondary N) is 2. The zero-order valence-electron chi connectivity index (χ0n) is 15.0. The number of hydrogen-bond acceptors (Lipinski definition) is 3. The number of anilines is 1. The lowest BCUT2D eigenvalue weighted by Gasteiger charge is -2.23. The zero-order valence-corrected chi connectivity index (χ0v) is 17.4. The molecule has 2 N–H and O–H groups in total. The maximum atomic E-state index is 13.4. The molecule has 1 atom stereocenters. The van der Waals surface area contributed by atoms with Gasteiger partial charge in [0.1, 0.15) is 6.04 Å². The van der Waals surface area contributed by atoms with Gasteiger partial charge in [0.05, 0.1) is 4.90 Å². The van der Waals surface area contributed by atoms with Gasteiger partial charge in [-0.3, -0.25) is 0 Å². The molecular weight excluding hydrogens is 445 g/mol. The van der Waals surface area contributed by atoms with Crippen molar-refractivity contribution in [3.8, 4) is 0 Å². The van der Waals surface area contributed by atoms with Crippen LogP contribution in [-0.4, -0.2) is 27.2 Å². The Morgan fingerprint density at radius 1 is 1.07 bits per heavy atom. The van der Waals surface area contributed by atoms with Crippen LogP contribution in [0.15, 0.2) is 45.8 Å². The largest absolute Gasteiger partial charge is 0.406 e. The topological polar surface area (TPSA) is 58.2 Å². The highest BCUT2D eigenvalue weighted by Gasteiger charge is 2.42. The van der Waals surface area contributed by atoms with E-state index in [4.69, 9.17) is 0 Å². The average molecular weight is 465 g/mol. The maximum Gasteiger partial charge on any atom is 0.406 e. The van der Waals surface area contributed by atoms with Gasteiger partial charge in [0.15, 0.2) is 0 Å². The number of sulfonamides is 1. The first-order valence-corrected chi connectivity index (χ1v) is 10.3. The van der Waals surface area contributed by atoms with Gasteiger partial charge >= 0.3 is 6.18 Å². The van der Waals surface area contributed by atoms with E-state index in [9.17, 15) is 21.6 Å². The smallest absolute Gasteiger partial charge is 0.383 e. The second kappa shape index (κ2) is 8.20. The van der Waals surface area contributed by atoms with Gasteiger partial charge in [-0.1, -0.05) is 39.7 Å². The fraction of sp³-hybridized carbons (Fsp3) is 0.333. The number of aryl methyl sites for hydroxylation is 3. The molecule has 0 aliphatic rings. The van der Waals surface area contributed by atoms with E-state index in [2.05, 4.69) is 21.2 Å². The van der Waals surface area contributed by atoms with Crippen molar-refractivity contribution < 1.29 is 21.6 Å². The Morgan fingerprint density at radius 3 is 2.19 bits per heavy atom. The van der Waals surface area contributed by atoms with Gasteiger partial charge in [-0.2, -0.15) is 17.9 Å². The van der Waals surface area contributed by atoms with E-state index in [1.54, 1.807) is 57.2 Å². The van der Waals surface area contributed by atoms with Crippen LogP contribution in [-0.2, 0) is 10.0 Å². The molecule has 27 heavy (non-hydrogen) atoms. The summed E-state index contributed by atoms with van der Waals surface area (Å²) in [5.74, 6) is 0. The standard InChI is InChI=1S/C18H20BrF3N2O2S/c1-11-7-12(2)17(13(3)8-11)27(25,26)24-16(18(20,21)22)10-23-15-6-4-5-14(19)9-15/h4-9,16,23-24H,10H2,1-3H3. The van der Waals surface area contributed by atoms with Crippen LogP contribution in [0.3, 0.4) is 0 Å². The Hall–Kier alpha value is -1.58. The number of hydrogen-bond donors (Lipinski definition) is 2. The van der Waals surface area contributed by atoms with E-state index in [0.717, 1.165) is 5.56 Å². The van der Waals surface area contributed by atoms with E-state index >= 15 is 0 Å². The molecule has 2 aromatic carbocycles. The zero-order chi connectivity index (χ0) is 20.4. The Bertz CT molecular complexity index is 907. The molecule has 1 unspecified atom stereocenters. The molecule has 0 radical (unpaired) electrons. The highest BCUT2D eigenvalue weighted by atomic mass is 79.9. The minimum absolute atomic E-state index is 0.121. The fourth-order valence-electron chi connectivity index (χ4n) is 2.88. The lowest BCUT2D eigenvalue weighted by molar-refractivity contribution is -0.148. The van der Waals surface area contributed by atoms with Crippen molar-refractivity contribution in [1.82, 2.24) is 4.72 Å². The molecule has 0 spiro atoms. The molecule has 0 aliphatic heterocycles. The van der Waals surface area contributed by atoms with Crippen molar-refractivity contribution in [1.29, 1.82) is 0 Å². The second-order valence-electron chi connectivity index (χ2n) is 6.33. The number of benzene rings is 2. The Kier molecular flexibility index (Phi) is 6.59.